The Labute approximate surface area is 427 Å². The van der Waals surface area contributed by atoms with Crippen LogP contribution in [0, 0.1) is 0 Å². The van der Waals surface area contributed by atoms with Gasteiger partial charge in [-0.1, -0.05) is 91.0 Å². The van der Waals surface area contributed by atoms with Crippen LogP contribution in [0.25, 0.3) is 0 Å². The van der Waals surface area contributed by atoms with Crippen LogP contribution in [0.4, 0.5) is 0 Å². The van der Waals surface area contributed by atoms with E-state index in [1.807, 2.05) is 18.2 Å². The molecule has 3 rings (SSSR count). The molecule has 68 heavy (non-hydrogen) atoms. The van der Waals surface area contributed by atoms with Crippen LogP contribution < -0.4 is 5.19 Å². The van der Waals surface area contributed by atoms with E-state index in [9.17, 15) is 0 Å². The van der Waals surface area contributed by atoms with Crippen molar-refractivity contribution in [3.8, 4) is 0 Å². The third-order valence-electron chi connectivity index (χ3n) is 10.4. The summed E-state index contributed by atoms with van der Waals surface area (Å²) < 4.78 is 77.2. The maximum atomic E-state index is 7.27. The van der Waals surface area contributed by atoms with Crippen molar-refractivity contribution in [3.63, 3.8) is 0 Å². The van der Waals surface area contributed by atoms with E-state index in [4.69, 9.17) is 45.3 Å². The van der Waals surface area contributed by atoms with Gasteiger partial charge in [-0.05, 0) is 192 Å². The molecular formula is C45H92O11Si12. The highest BCUT2D eigenvalue weighted by atomic mass is 28.5. The molecule has 1 atom stereocenters. The van der Waals surface area contributed by atoms with Gasteiger partial charge in [0.2, 0.25) is 0 Å². The topological polar surface area (TPSA) is 102 Å². The maximum absolute atomic E-state index is 7.27. The zero-order chi connectivity index (χ0) is 51.9. The molecule has 1 unspecified atom stereocenters. The number of benzene rings is 3. The van der Waals surface area contributed by atoms with Gasteiger partial charge in [-0.3, -0.25) is 0 Å². The SMILES string of the molecule is C[Si](C)(CCc1ccccc1)O[Si](C)(C)O[Si](C)(C)O[Si](C)(C)O[Si](C)(C)O[Si](C)(C)O[Si](C)(C)O[Si](C)(C)O[Si](C)(O[Si](C)(C)O[Si](C)(C)O[Si](C)(C)CCc1ccccc1)c1ccccc1. The van der Waals surface area contributed by atoms with Gasteiger partial charge in [0.25, 0.3) is 0 Å². The van der Waals surface area contributed by atoms with Gasteiger partial charge >= 0.3 is 85.6 Å². The molecule has 23 heteroatoms. The summed E-state index contributed by atoms with van der Waals surface area (Å²) in [5, 5.41) is 1.03. The summed E-state index contributed by atoms with van der Waals surface area (Å²) in [5.41, 5.74) is 2.68. The van der Waals surface area contributed by atoms with Gasteiger partial charge in [0, 0.05) is 0 Å². The summed E-state index contributed by atoms with van der Waals surface area (Å²) in [6.07, 6.45) is 2.00. The van der Waals surface area contributed by atoms with Crippen molar-refractivity contribution in [2.75, 3.05) is 0 Å². The molecule has 0 aliphatic rings. The molecule has 386 valence electrons. The van der Waals surface area contributed by atoms with Gasteiger partial charge in [0.05, 0.1) is 0 Å². The van der Waals surface area contributed by atoms with Crippen LogP contribution in [0.3, 0.4) is 0 Å². The van der Waals surface area contributed by atoms with Crippen LogP contribution >= 0.6 is 0 Å². The summed E-state index contributed by atoms with van der Waals surface area (Å²) in [4.78, 5) is 0. The lowest BCUT2D eigenvalue weighted by molar-refractivity contribution is 0.255. The first kappa shape index (κ1) is 62.1. The predicted molar refractivity (Wildman–Crippen MR) is 312 cm³/mol. The highest BCUT2D eigenvalue weighted by molar-refractivity contribution is 6.96. The van der Waals surface area contributed by atoms with Crippen LogP contribution in [-0.4, -0.2) is 102 Å². The summed E-state index contributed by atoms with van der Waals surface area (Å²) >= 11 is 0. The smallest absolute Gasteiger partial charge is 0.351 e. The zero-order valence-corrected chi connectivity index (χ0v) is 58.5. The van der Waals surface area contributed by atoms with E-state index in [-0.39, 0.29) is 0 Å². The molecule has 0 aliphatic carbocycles. The monoisotopic (exact) mass is 1140 g/mol. The molecule has 0 saturated heterocycles. The Morgan fingerprint density at radius 2 is 0.456 bits per heavy atom. The largest absolute Gasteiger partial charge is 0.436 e. The second kappa shape index (κ2) is 23.6. The number of hydrogen-bond donors (Lipinski definition) is 0. The van der Waals surface area contributed by atoms with E-state index >= 15 is 0 Å². The van der Waals surface area contributed by atoms with E-state index in [2.05, 4.69) is 223 Å². The fourth-order valence-electron chi connectivity index (χ4n) is 9.76. The first-order valence-corrected chi connectivity index (χ1v) is 58.3. The summed E-state index contributed by atoms with van der Waals surface area (Å²) in [5.74, 6) is 0. The van der Waals surface area contributed by atoms with Crippen LogP contribution in [0.15, 0.2) is 91.0 Å². The summed E-state index contributed by atoms with van der Waals surface area (Å²) in [6.45, 7) is 49.3. The van der Waals surface area contributed by atoms with Crippen molar-refractivity contribution in [2.24, 2.45) is 0 Å². The lowest BCUT2D eigenvalue weighted by Crippen LogP contribution is -2.66. The molecule has 11 nitrogen and oxygen atoms in total. The van der Waals surface area contributed by atoms with Crippen molar-refractivity contribution >= 4 is 107 Å². The van der Waals surface area contributed by atoms with E-state index in [1.165, 1.54) is 11.1 Å². The van der Waals surface area contributed by atoms with E-state index in [0.717, 1.165) is 30.1 Å². The third-order valence-corrected chi connectivity index (χ3v) is 57.6. The first-order chi connectivity index (χ1) is 30.5. The van der Waals surface area contributed by atoms with Crippen molar-refractivity contribution in [2.45, 2.75) is 176 Å². The summed E-state index contributed by atoms with van der Waals surface area (Å²) in [7, 11) is -32.0. The van der Waals surface area contributed by atoms with E-state index in [0.29, 0.717) is 0 Å². The lowest BCUT2D eigenvalue weighted by atomic mass is 10.2. The minimum absolute atomic E-state index is 0.994. The average Bonchev–Trinajstić information content (AvgIpc) is 3.09. The molecule has 0 radical (unpaired) electrons. The molecule has 3 aromatic carbocycles. The van der Waals surface area contributed by atoms with Gasteiger partial charge < -0.3 is 45.3 Å². The Morgan fingerprint density at radius 3 is 0.706 bits per heavy atom. The van der Waals surface area contributed by atoms with Gasteiger partial charge in [-0.15, -0.1) is 0 Å². The van der Waals surface area contributed by atoms with Crippen LogP contribution in [-0.2, 0) is 58.1 Å². The Hall–Kier alpha value is -0.177. The zero-order valence-electron chi connectivity index (χ0n) is 46.5. The van der Waals surface area contributed by atoms with Gasteiger partial charge in [-0.2, -0.15) is 0 Å². The van der Waals surface area contributed by atoms with E-state index in [1.54, 1.807) is 0 Å². The predicted octanol–water partition coefficient (Wildman–Crippen LogP) is 13.4. The Balaban J connectivity index is 1.67. The molecule has 0 saturated carbocycles. The quantitative estimate of drug-likeness (QED) is 0.0621. The molecule has 0 N–H and O–H groups in total. The highest BCUT2D eigenvalue weighted by Gasteiger charge is 2.53. The Morgan fingerprint density at radius 1 is 0.250 bits per heavy atom. The number of aryl methyl sites for hydroxylation is 2. The molecule has 0 fully saturated rings. The van der Waals surface area contributed by atoms with Crippen molar-refractivity contribution in [1.29, 1.82) is 0 Å². The standard InChI is InChI=1S/C45H92O11Si12/c1-57(2,41-39-43-33-27-24-28-34-43)46-59(5,6)48-61(9,10)50-62(11,12)51-63(13,14)52-64(15,16)53-65(17,18)54-67(21,22)56-68(23,45-37-31-26-32-38-45)55-66(19,20)49-60(7,8)47-58(3,4)42-40-44-35-29-25-30-36-44/h24-38H,39-42H2,1-23H3. The first-order valence-electron chi connectivity index (χ1n) is 24.4. The molecule has 0 spiro atoms. The van der Waals surface area contributed by atoms with Crippen molar-refractivity contribution in [3.05, 3.63) is 102 Å². The molecular weight excluding hydrogens is 1050 g/mol. The van der Waals surface area contributed by atoms with E-state index < -0.39 is 102 Å². The van der Waals surface area contributed by atoms with Crippen LogP contribution in [0.5, 0.6) is 0 Å². The minimum atomic E-state index is -3.14. The van der Waals surface area contributed by atoms with Crippen LogP contribution in [0.2, 0.25) is 163 Å². The van der Waals surface area contributed by atoms with Gasteiger partial charge in [0.15, 0.2) is 16.6 Å². The lowest BCUT2D eigenvalue weighted by Gasteiger charge is -2.45. The molecule has 0 heterocycles. The van der Waals surface area contributed by atoms with Crippen LogP contribution in [0.1, 0.15) is 11.1 Å². The highest BCUT2D eigenvalue weighted by Crippen LogP contribution is 2.33. The second-order valence-electron chi connectivity index (χ2n) is 23.5. The van der Waals surface area contributed by atoms with Crippen molar-refractivity contribution < 1.29 is 45.3 Å². The maximum Gasteiger partial charge on any atom is 0.351 e. The number of hydrogen-bond acceptors (Lipinski definition) is 11. The fourth-order valence-corrected chi connectivity index (χ4v) is 70.8. The third kappa shape index (κ3) is 23.8. The molecule has 0 aromatic heterocycles. The molecule has 3 aromatic rings. The fraction of sp³-hybridized carbons (Fsp3) is 0.600. The molecule has 0 bridgehead atoms. The average molecular weight is 1150 g/mol. The number of rotatable bonds is 29. The second-order valence-corrected chi connectivity index (χ2v) is 68.2. The normalized spacial score (nSPS) is 15.4. The minimum Gasteiger partial charge on any atom is -0.436 e. The van der Waals surface area contributed by atoms with Gasteiger partial charge in [0.1, 0.15) is 0 Å². The Kier molecular flexibility index (Phi) is 21.5. The van der Waals surface area contributed by atoms with Gasteiger partial charge in [-0.25, -0.2) is 0 Å². The Bertz CT molecular complexity index is 2010. The summed E-state index contributed by atoms with van der Waals surface area (Å²) in [6, 6.07) is 33.7. The molecule has 0 amide bonds. The molecule has 0 aliphatic heterocycles. The van der Waals surface area contributed by atoms with Crippen molar-refractivity contribution in [1.82, 2.24) is 0 Å².